The number of nitriles is 1. The van der Waals surface area contributed by atoms with E-state index in [1.807, 2.05) is 18.2 Å². The van der Waals surface area contributed by atoms with Crippen molar-refractivity contribution in [2.75, 3.05) is 0 Å². The van der Waals surface area contributed by atoms with E-state index in [0.717, 1.165) is 5.56 Å². The summed E-state index contributed by atoms with van der Waals surface area (Å²) >= 11 is 0. The van der Waals surface area contributed by atoms with E-state index in [4.69, 9.17) is 5.26 Å². The average molecular weight is 247 g/mol. The van der Waals surface area contributed by atoms with Gasteiger partial charge in [0, 0.05) is 39.1 Å². The van der Waals surface area contributed by atoms with Crippen LogP contribution in [0.25, 0.3) is 0 Å². The minimum absolute atomic E-state index is 0. The molecule has 0 aromatic heterocycles. The van der Waals surface area contributed by atoms with E-state index >= 15 is 0 Å². The van der Waals surface area contributed by atoms with Crippen LogP contribution < -0.4 is 0 Å². The van der Waals surface area contributed by atoms with E-state index in [9.17, 15) is 0 Å². The molecule has 1 radical (unpaired) electrons. The molecule has 0 fully saturated rings. The van der Waals surface area contributed by atoms with Crippen LogP contribution in [0.4, 0.5) is 0 Å². The van der Waals surface area contributed by atoms with Gasteiger partial charge in [0.25, 0.3) is 0 Å². The predicted molar refractivity (Wildman–Crippen MR) is 48.7 cm³/mol. The average Bonchev–Trinajstić information content (AvgIpc) is 2.06. The summed E-state index contributed by atoms with van der Waals surface area (Å²) in [5.41, 5.74) is 2.25. The monoisotopic (exact) mass is 247 g/mol. The SMILES string of the molecule is CC(C)c1[c-]cc(CC#N)cc1.[Y]. The first kappa shape index (κ1) is 12.8. The van der Waals surface area contributed by atoms with Gasteiger partial charge in [-0.25, -0.2) is 0 Å². The molecule has 65 valence electrons. The second-order valence-electron chi connectivity index (χ2n) is 3.14. The van der Waals surface area contributed by atoms with Crippen molar-refractivity contribution in [2.45, 2.75) is 26.2 Å². The molecule has 0 amide bonds. The summed E-state index contributed by atoms with van der Waals surface area (Å²) in [5.74, 6) is 0.515. The van der Waals surface area contributed by atoms with Crippen LogP contribution in [0.5, 0.6) is 0 Å². The van der Waals surface area contributed by atoms with E-state index in [2.05, 4.69) is 26.0 Å². The van der Waals surface area contributed by atoms with Crippen molar-refractivity contribution in [3.8, 4) is 6.07 Å². The minimum Gasteiger partial charge on any atom is -0.199 e. The first-order valence-corrected chi connectivity index (χ1v) is 4.11. The van der Waals surface area contributed by atoms with Gasteiger partial charge in [0.05, 0.1) is 6.07 Å². The molecule has 0 saturated carbocycles. The van der Waals surface area contributed by atoms with Crippen LogP contribution in [-0.2, 0) is 39.1 Å². The molecule has 0 heterocycles. The van der Waals surface area contributed by atoms with E-state index in [-0.39, 0.29) is 32.7 Å². The third-order valence-electron chi connectivity index (χ3n) is 1.81. The zero-order valence-electron chi connectivity index (χ0n) is 8.04. The number of rotatable bonds is 2. The van der Waals surface area contributed by atoms with E-state index in [1.54, 1.807) is 0 Å². The smallest absolute Gasteiger partial charge is 0.0542 e. The van der Waals surface area contributed by atoms with E-state index in [0.29, 0.717) is 12.3 Å². The molecule has 0 bridgehead atoms. The van der Waals surface area contributed by atoms with Gasteiger partial charge < -0.3 is 0 Å². The van der Waals surface area contributed by atoms with Crippen LogP contribution >= 0.6 is 0 Å². The van der Waals surface area contributed by atoms with Crippen LogP contribution in [0.3, 0.4) is 0 Å². The molecule has 0 spiro atoms. The number of benzene rings is 1. The Morgan fingerprint density at radius 2 is 2.15 bits per heavy atom. The van der Waals surface area contributed by atoms with E-state index < -0.39 is 0 Å². The van der Waals surface area contributed by atoms with Crippen LogP contribution in [0, 0.1) is 17.4 Å². The Hall–Kier alpha value is -0.186. The molecule has 0 aliphatic rings. The van der Waals surface area contributed by atoms with Crippen molar-refractivity contribution >= 4 is 0 Å². The number of hydrogen-bond acceptors (Lipinski definition) is 1. The first-order valence-electron chi connectivity index (χ1n) is 4.11. The first-order chi connectivity index (χ1) is 5.74. The van der Waals surface area contributed by atoms with Crippen molar-refractivity contribution < 1.29 is 32.7 Å². The fourth-order valence-electron chi connectivity index (χ4n) is 1.03. The Morgan fingerprint density at radius 1 is 1.46 bits per heavy atom. The maximum absolute atomic E-state index is 8.43. The van der Waals surface area contributed by atoms with Crippen molar-refractivity contribution in [3.05, 3.63) is 35.4 Å². The molecule has 0 aliphatic carbocycles. The largest absolute Gasteiger partial charge is 0.199 e. The van der Waals surface area contributed by atoms with Gasteiger partial charge in [-0.15, -0.1) is 5.56 Å². The fourth-order valence-corrected chi connectivity index (χ4v) is 1.03. The van der Waals surface area contributed by atoms with Crippen LogP contribution in [0.2, 0.25) is 0 Å². The maximum atomic E-state index is 8.43. The van der Waals surface area contributed by atoms with Crippen LogP contribution in [0.1, 0.15) is 30.9 Å². The zero-order valence-corrected chi connectivity index (χ0v) is 10.9. The Balaban J connectivity index is 0.00000144. The normalized spacial score (nSPS) is 9.08. The van der Waals surface area contributed by atoms with Crippen LogP contribution in [-0.4, -0.2) is 0 Å². The second kappa shape index (κ2) is 6.30. The molecule has 13 heavy (non-hydrogen) atoms. The van der Waals surface area contributed by atoms with Gasteiger partial charge in [0.2, 0.25) is 0 Å². The molecule has 0 N–H and O–H groups in total. The quantitative estimate of drug-likeness (QED) is 0.737. The van der Waals surface area contributed by atoms with Gasteiger partial charge in [-0.1, -0.05) is 13.8 Å². The molecule has 0 saturated heterocycles. The Bertz CT molecular complexity index is 282. The Kier molecular flexibility index (Phi) is 6.21. The van der Waals surface area contributed by atoms with Gasteiger partial charge in [-0.3, -0.25) is 0 Å². The van der Waals surface area contributed by atoms with Crippen LogP contribution in [0.15, 0.2) is 18.2 Å². The zero-order chi connectivity index (χ0) is 8.97. The topological polar surface area (TPSA) is 23.8 Å². The molecular weight excluding hydrogens is 235 g/mol. The molecule has 1 rings (SSSR count). The molecule has 0 unspecified atom stereocenters. The van der Waals surface area contributed by atoms with Gasteiger partial charge >= 0.3 is 0 Å². The van der Waals surface area contributed by atoms with Crippen molar-refractivity contribution in [1.82, 2.24) is 0 Å². The van der Waals surface area contributed by atoms with Gasteiger partial charge in [-0.2, -0.15) is 35.1 Å². The Labute approximate surface area is 105 Å². The van der Waals surface area contributed by atoms with Gasteiger partial charge in [-0.05, 0) is 5.92 Å². The minimum atomic E-state index is 0. The molecular formula is C11H12NY-. The fraction of sp³-hybridized carbons (Fsp3) is 0.364. The van der Waals surface area contributed by atoms with E-state index in [1.165, 1.54) is 5.56 Å². The second-order valence-corrected chi connectivity index (χ2v) is 3.14. The Morgan fingerprint density at radius 3 is 2.54 bits per heavy atom. The van der Waals surface area contributed by atoms with Crippen molar-refractivity contribution in [2.24, 2.45) is 0 Å². The summed E-state index contributed by atoms with van der Waals surface area (Å²) < 4.78 is 0. The summed E-state index contributed by atoms with van der Waals surface area (Å²) in [5, 5.41) is 8.43. The summed E-state index contributed by atoms with van der Waals surface area (Å²) in [6.07, 6.45) is 0.481. The predicted octanol–water partition coefficient (Wildman–Crippen LogP) is 2.67. The van der Waals surface area contributed by atoms with Crippen molar-refractivity contribution in [1.29, 1.82) is 5.26 Å². The summed E-state index contributed by atoms with van der Waals surface area (Å²) in [6.45, 7) is 4.27. The standard InChI is InChI=1S/C11H12N.Y/c1-9(2)11-5-3-10(4-6-11)7-8-12;/h3-5,9H,7H2,1-2H3;/q-1;. The number of nitrogens with zero attached hydrogens (tertiary/aromatic N) is 1. The van der Waals surface area contributed by atoms with Gasteiger partial charge in [0.1, 0.15) is 0 Å². The third kappa shape index (κ3) is 4.02. The molecule has 0 atom stereocenters. The molecule has 1 aromatic rings. The third-order valence-corrected chi connectivity index (χ3v) is 1.81. The van der Waals surface area contributed by atoms with Gasteiger partial charge in [0.15, 0.2) is 0 Å². The number of hydrogen-bond donors (Lipinski definition) is 0. The van der Waals surface area contributed by atoms with Crippen molar-refractivity contribution in [3.63, 3.8) is 0 Å². The molecule has 1 nitrogen and oxygen atoms in total. The summed E-state index contributed by atoms with van der Waals surface area (Å²) in [7, 11) is 0. The molecule has 0 aliphatic heterocycles. The summed E-state index contributed by atoms with van der Waals surface area (Å²) in [4.78, 5) is 0. The maximum Gasteiger partial charge on any atom is 0.0542 e. The molecule has 1 aromatic carbocycles. The summed E-state index contributed by atoms with van der Waals surface area (Å²) in [6, 6.07) is 11.2. The molecule has 2 heteroatoms.